The minimum atomic E-state index is -0.0646. The van der Waals surface area contributed by atoms with E-state index in [1.165, 1.54) is 6.08 Å². The quantitative estimate of drug-likeness (QED) is 0.781. The van der Waals surface area contributed by atoms with Gasteiger partial charge in [0.25, 0.3) is 0 Å². The lowest BCUT2D eigenvalue weighted by molar-refractivity contribution is -0.117. The number of hydrogen-bond donors (Lipinski definition) is 2. The average molecular weight is 249 g/mol. The van der Waals surface area contributed by atoms with Crippen molar-refractivity contribution in [3.05, 3.63) is 29.6 Å². The number of nitrogens with one attached hydrogen (secondary N) is 1. The highest BCUT2D eigenvalue weighted by molar-refractivity contribution is 5.87. The first kappa shape index (κ1) is 12.8. The number of allylic oxidation sites excluding steroid dienone is 1. The van der Waals surface area contributed by atoms with Gasteiger partial charge in [-0.2, -0.15) is 5.10 Å². The summed E-state index contributed by atoms with van der Waals surface area (Å²) in [4.78, 5) is 11.6. The lowest BCUT2D eigenvalue weighted by atomic mass is 9.93. The Labute approximate surface area is 106 Å². The van der Waals surface area contributed by atoms with Crippen LogP contribution in [0.4, 0.5) is 0 Å². The number of amides is 1. The van der Waals surface area contributed by atoms with Gasteiger partial charge < -0.3 is 10.4 Å². The van der Waals surface area contributed by atoms with Gasteiger partial charge in [0.15, 0.2) is 0 Å². The molecular formula is C13H19N3O2. The topological polar surface area (TPSA) is 67.2 Å². The third-order valence-corrected chi connectivity index (χ3v) is 3.21. The van der Waals surface area contributed by atoms with Crippen LogP contribution in [0.15, 0.2) is 18.3 Å². The summed E-state index contributed by atoms with van der Waals surface area (Å²) in [5, 5.41) is 16.2. The first-order valence-corrected chi connectivity index (χ1v) is 6.35. The van der Waals surface area contributed by atoms with Crippen LogP contribution >= 0.6 is 0 Å². The lowest BCUT2D eigenvalue weighted by Crippen LogP contribution is -2.29. The van der Waals surface area contributed by atoms with Crippen LogP contribution in [0.25, 0.3) is 0 Å². The molecule has 5 heteroatoms. The molecule has 98 valence electrons. The summed E-state index contributed by atoms with van der Waals surface area (Å²) >= 11 is 0. The van der Waals surface area contributed by atoms with Gasteiger partial charge in [-0.05, 0) is 32.3 Å². The molecule has 1 atom stereocenters. The monoisotopic (exact) mass is 249 g/mol. The lowest BCUT2D eigenvalue weighted by Gasteiger charge is -2.23. The molecule has 0 saturated carbocycles. The summed E-state index contributed by atoms with van der Waals surface area (Å²) in [5.74, 6) is -0.0646. The van der Waals surface area contributed by atoms with E-state index < -0.39 is 0 Å². The van der Waals surface area contributed by atoms with Crippen LogP contribution in [0.3, 0.4) is 0 Å². The number of aromatic nitrogens is 2. The van der Waals surface area contributed by atoms with E-state index in [4.69, 9.17) is 5.11 Å². The Bertz CT molecular complexity index is 451. The molecule has 0 radical (unpaired) electrons. The SMILES string of the molecule is CC=CC(=O)NC1CCCc2c1cnn2CCO. The van der Waals surface area contributed by atoms with E-state index in [1.54, 1.807) is 6.08 Å². The maximum Gasteiger partial charge on any atom is 0.244 e. The van der Waals surface area contributed by atoms with E-state index in [9.17, 15) is 4.79 Å². The summed E-state index contributed by atoms with van der Waals surface area (Å²) in [7, 11) is 0. The molecule has 0 fully saturated rings. The standard InChI is InChI=1S/C13H19N3O2/c1-2-4-13(18)15-11-5-3-6-12-10(11)9-14-16(12)7-8-17/h2,4,9,11,17H,3,5-8H2,1H3,(H,15,18). The fraction of sp³-hybridized carbons (Fsp3) is 0.538. The van der Waals surface area contributed by atoms with Crippen molar-refractivity contribution >= 4 is 5.91 Å². The molecule has 1 aliphatic rings. The molecule has 1 amide bonds. The Balaban J connectivity index is 2.15. The molecule has 1 unspecified atom stereocenters. The van der Waals surface area contributed by atoms with Gasteiger partial charge in [0.1, 0.15) is 0 Å². The first-order chi connectivity index (χ1) is 8.76. The molecule has 0 saturated heterocycles. The first-order valence-electron chi connectivity index (χ1n) is 6.35. The van der Waals surface area contributed by atoms with Crippen LogP contribution in [-0.2, 0) is 17.8 Å². The second kappa shape index (κ2) is 5.82. The molecule has 0 aromatic carbocycles. The minimum Gasteiger partial charge on any atom is -0.394 e. The predicted molar refractivity (Wildman–Crippen MR) is 67.9 cm³/mol. The summed E-state index contributed by atoms with van der Waals surface area (Å²) in [6, 6.07) is 0.0462. The highest BCUT2D eigenvalue weighted by Crippen LogP contribution is 2.29. The molecule has 0 spiro atoms. The number of nitrogens with zero attached hydrogens (tertiary/aromatic N) is 2. The van der Waals surface area contributed by atoms with E-state index in [0.29, 0.717) is 6.54 Å². The van der Waals surface area contributed by atoms with Crippen molar-refractivity contribution in [2.45, 2.75) is 38.8 Å². The van der Waals surface area contributed by atoms with Crippen LogP contribution in [0.1, 0.15) is 37.1 Å². The van der Waals surface area contributed by atoms with E-state index in [-0.39, 0.29) is 18.6 Å². The van der Waals surface area contributed by atoms with Crippen LogP contribution in [0, 0.1) is 0 Å². The Morgan fingerprint density at radius 2 is 2.56 bits per heavy atom. The predicted octanol–water partition coefficient (Wildman–Crippen LogP) is 0.945. The van der Waals surface area contributed by atoms with Crippen LogP contribution in [0.2, 0.25) is 0 Å². The number of aliphatic hydroxyl groups excluding tert-OH is 1. The zero-order chi connectivity index (χ0) is 13.0. The summed E-state index contributed by atoms with van der Waals surface area (Å²) < 4.78 is 1.84. The molecule has 1 aromatic rings. The molecule has 1 heterocycles. The Morgan fingerprint density at radius 1 is 1.72 bits per heavy atom. The van der Waals surface area contributed by atoms with Crippen molar-refractivity contribution in [1.82, 2.24) is 15.1 Å². The zero-order valence-electron chi connectivity index (χ0n) is 10.6. The van der Waals surface area contributed by atoms with Gasteiger partial charge in [0.2, 0.25) is 5.91 Å². The van der Waals surface area contributed by atoms with E-state index in [2.05, 4.69) is 10.4 Å². The second-order valence-electron chi connectivity index (χ2n) is 4.45. The molecule has 2 N–H and O–H groups in total. The molecular weight excluding hydrogens is 230 g/mol. The molecule has 2 rings (SSSR count). The molecule has 1 aromatic heterocycles. The summed E-state index contributed by atoms with van der Waals surface area (Å²) in [6.45, 7) is 2.43. The maximum atomic E-state index is 11.6. The van der Waals surface area contributed by atoms with Gasteiger partial charge in [-0.15, -0.1) is 0 Å². The van der Waals surface area contributed by atoms with Crippen LogP contribution < -0.4 is 5.32 Å². The van der Waals surface area contributed by atoms with Crippen molar-refractivity contribution in [3.63, 3.8) is 0 Å². The van der Waals surface area contributed by atoms with Gasteiger partial charge in [-0.25, -0.2) is 0 Å². The van der Waals surface area contributed by atoms with Crippen molar-refractivity contribution < 1.29 is 9.90 Å². The van der Waals surface area contributed by atoms with Gasteiger partial charge in [0.05, 0.1) is 25.4 Å². The molecule has 0 aliphatic heterocycles. The Hall–Kier alpha value is -1.62. The zero-order valence-corrected chi connectivity index (χ0v) is 10.6. The normalized spacial score (nSPS) is 18.9. The number of aliphatic hydroxyl groups is 1. The number of rotatable bonds is 4. The van der Waals surface area contributed by atoms with Crippen molar-refractivity contribution in [3.8, 4) is 0 Å². The highest BCUT2D eigenvalue weighted by atomic mass is 16.3. The van der Waals surface area contributed by atoms with E-state index in [1.807, 2.05) is 17.8 Å². The minimum absolute atomic E-state index is 0.0462. The van der Waals surface area contributed by atoms with Crippen molar-refractivity contribution in [2.24, 2.45) is 0 Å². The second-order valence-corrected chi connectivity index (χ2v) is 4.45. The van der Waals surface area contributed by atoms with Gasteiger partial charge in [0, 0.05) is 11.3 Å². The number of carbonyl (C=O) groups is 1. The highest BCUT2D eigenvalue weighted by Gasteiger charge is 2.24. The average Bonchev–Trinajstić information content (AvgIpc) is 2.75. The number of fused-ring (bicyclic) bond motifs is 1. The largest absolute Gasteiger partial charge is 0.394 e. The maximum absolute atomic E-state index is 11.6. The smallest absolute Gasteiger partial charge is 0.244 e. The molecule has 0 bridgehead atoms. The van der Waals surface area contributed by atoms with Gasteiger partial charge in [-0.3, -0.25) is 9.48 Å². The Kier molecular flexibility index (Phi) is 4.15. The fourth-order valence-electron chi connectivity index (χ4n) is 2.43. The Morgan fingerprint density at radius 3 is 3.28 bits per heavy atom. The molecule has 5 nitrogen and oxygen atoms in total. The van der Waals surface area contributed by atoms with Gasteiger partial charge in [-0.1, -0.05) is 6.08 Å². The van der Waals surface area contributed by atoms with Crippen molar-refractivity contribution in [1.29, 1.82) is 0 Å². The van der Waals surface area contributed by atoms with Gasteiger partial charge >= 0.3 is 0 Å². The molecule has 18 heavy (non-hydrogen) atoms. The van der Waals surface area contributed by atoms with E-state index in [0.717, 1.165) is 30.5 Å². The number of carbonyl (C=O) groups excluding carboxylic acids is 1. The third kappa shape index (κ3) is 2.61. The van der Waals surface area contributed by atoms with Crippen LogP contribution in [-0.4, -0.2) is 27.4 Å². The van der Waals surface area contributed by atoms with Crippen molar-refractivity contribution in [2.75, 3.05) is 6.61 Å². The number of hydrogen-bond acceptors (Lipinski definition) is 3. The fourth-order valence-corrected chi connectivity index (χ4v) is 2.43. The molecule has 1 aliphatic carbocycles. The van der Waals surface area contributed by atoms with E-state index >= 15 is 0 Å². The summed E-state index contributed by atoms with van der Waals surface area (Å²) in [5.41, 5.74) is 2.23. The van der Waals surface area contributed by atoms with Crippen LogP contribution in [0.5, 0.6) is 0 Å². The third-order valence-electron chi connectivity index (χ3n) is 3.21. The summed E-state index contributed by atoms with van der Waals surface area (Å²) in [6.07, 6.45) is 8.02.